The standard InChI is InChI=1S/C24H17ClF3N3O4/c25-13-6-17-23(31-24(29-17)35-19-9-34-21-18(32)8-33-22(19)21)30-20(13)11-3-1-10(2-4-11)12-5-15(27)16(28)7-14(12)26/h1-7,18-19,21-22,32H,8-9H2,(H,29,30,31)/t18-,19-,21-,22-/m1/s1. The molecule has 0 radical (unpaired) electrons. The van der Waals surface area contributed by atoms with Gasteiger partial charge in [0.15, 0.2) is 23.4 Å². The first-order chi connectivity index (χ1) is 16.9. The summed E-state index contributed by atoms with van der Waals surface area (Å²) in [4.78, 5) is 11.9. The number of halogens is 4. The summed E-state index contributed by atoms with van der Waals surface area (Å²) >= 11 is 6.46. The number of ether oxygens (including phenoxy) is 3. The molecule has 180 valence electrons. The van der Waals surface area contributed by atoms with E-state index in [1.54, 1.807) is 30.3 Å². The van der Waals surface area contributed by atoms with Crippen LogP contribution in [0.1, 0.15) is 0 Å². The summed E-state index contributed by atoms with van der Waals surface area (Å²) in [5.74, 6) is -3.24. The predicted molar refractivity (Wildman–Crippen MR) is 120 cm³/mol. The number of H-pyrrole nitrogens is 1. The highest BCUT2D eigenvalue weighted by Gasteiger charge is 2.48. The maximum atomic E-state index is 14.1. The van der Waals surface area contributed by atoms with Crippen molar-refractivity contribution in [3.8, 4) is 28.4 Å². The molecule has 7 nitrogen and oxygen atoms in total. The van der Waals surface area contributed by atoms with Crippen molar-refractivity contribution in [3.63, 3.8) is 0 Å². The molecule has 0 aliphatic carbocycles. The molecule has 11 heteroatoms. The lowest BCUT2D eigenvalue weighted by Crippen LogP contribution is -2.34. The largest absolute Gasteiger partial charge is 0.456 e. The van der Waals surface area contributed by atoms with E-state index in [9.17, 15) is 18.3 Å². The molecule has 2 aliphatic heterocycles. The van der Waals surface area contributed by atoms with Gasteiger partial charge in [-0.25, -0.2) is 18.2 Å². The summed E-state index contributed by atoms with van der Waals surface area (Å²) in [5.41, 5.74) is 2.27. The van der Waals surface area contributed by atoms with Crippen molar-refractivity contribution in [2.24, 2.45) is 0 Å². The Balaban J connectivity index is 1.26. The normalized spacial score (nSPS) is 23.7. The van der Waals surface area contributed by atoms with Crippen LogP contribution < -0.4 is 4.74 Å². The average molecular weight is 504 g/mol. The van der Waals surface area contributed by atoms with Gasteiger partial charge in [0.2, 0.25) is 0 Å². The Bertz CT molecular complexity index is 1430. The molecule has 2 fully saturated rings. The quantitative estimate of drug-likeness (QED) is 0.404. The first-order valence-corrected chi connectivity index (χ1v) is 11.1. The number of benzene rings is 2. The smallest absolute Gasteiger partial charge is 0.296 e. The average Bonchev–Trinajstić information content (AvgIpc) is 3.53. The van der Waals surface area contributed by atoms with E-state index in [-0.39, 0.29) is 30.9 Å². The fourth-order valence-electron chi connectivity index (χ4n) is 4.39. The van der Waals surface area contributed by atoms with Crippen LogP contribution in [-0.4, -0.2) is 57.7 Å². The molecule has 2 aliphatic rings. The Labute approximate surface area is 201 Å². The molecule has 2 aromatic heterocycles. The van der Waals surface area contributed by atoms with Crippen molar-refractivity contribution in [3.05, 3.63) is 64.9 Å². The van der Waals surface area contributed by atoms with Crippen molar-refractivity contribution in [2.75, 3.05) is 13.2 Å². The third-order valence-corrected chi connectivity index (χ3v) is 6.42. The summed E-state index contributed by atoms with van der Waals surface area (Å²) in [6, 6.07) is 9.64. The highest BCUT2D eigenvalue weighted by atomic mass is 35.5. The van der Waals surface area contributed by atoms with Crippen LogP contribution in [0, 0.1) is 17.5 Å². The molecule has 4 aromatic rings. The zero-order valence-electron chi connectivity index (χ0n) is 17.8. The van der Waals surface area contributed by atoms with E-state index in [0.29, 0.717) is 39.1 Å². The fourth-order valence-corrected chi connectivity index (χ4v) is 4.65. The van der Waals surface area contributed by atoms with Gasteiger partial charge in [0.05, 0.1) is 29.4 Å². The van der Waals surface area contributed by atoms with Crippen LogP contribution in [0.3, 0.4) is 0 Å². The van der Waals surface area contributed by atoms with Gasteiger partial charge in [-0.2, -0.15) is 4.98 Å². The first-order valence-electron chi connectivity index (χ1n) is 10.8. The lowest BCUT2D eigenvalue weighted by molar-refractivity contribution is 0.00706. The van der Waals surface area contributed by atoms with Gasteiger partial charge in [0, 0.05) is 17.2 Å². The van der Waals surface area contributed by atoms with Gasteiger partial charge < -0.3 is 24.3 Å². The molecule has 4 heterocycles. The van der Waals surface area contributed by atoms with E-state index < -0.39 is 35.8 Å². The Morgan fingerprint density at radius 2 is 1.63 bits per heavy atom. The lowest BCUT2D eigenvalue weighted by Gasteiger charge is -2.15. The van der Waals surface area contributed by atoms with Crippen molar-refractivity contribution >= 4 is 22.8 Å². The second-order valence-electron chi connectivity index (χ2n) is 8.37. The predicted octanol–water partition coefficient (Wildman–Crippen LogP) is 4.27. The van der Waals surface area contributed by atoms with E-state index in [2.05, 4.69) is 15.0 Å². The van der Waals surface area contributed by atoms with Crippen LogP contribution in [0.4, 0.5) is 13.2 Å². The summed E-state index contributed by atoms with van der Waals surface area (Å²) < 4.78 is 58.0. The van der Waals surface area contributed by atoms with Crippen molar-refractivity contribution in [2.45, 2.75) is 24.4 Å². The number of fused-ring (bicyclic) bond motifs is 2. The number of aliphatic hydroxyl groups is 1. The summed E-state index contributed by atoms with van der Waals surface area (Å²) in [5, 5.41) is 10.2. The molecule has 35 heavy (non-hydrogen) atoms. The molecule has 4 atom stereocenters. The van der Waals surface area contributed by atoms with E-state index >= 15 is 0 Å². The van der Waals surface area contributed by atoms with Crippen LogP contribution in [0.25, 0.3) is 33.5 Å². The Kier molecular flexibility index (Phi) is 5.41. The highest BCUT2D eigenvalue weighted by Crippen LogP contribution is 2.33. The zero-order chi connectivity index (χ0) is 24.3. The van der Waals surface area contributed by atoms with Gasteiger partial charge in [0.25, 0.3) is 6.01 Å². The minimum Gasteiger partial charge on any atom is -0.456 e. The number of nitrogens with zero attached hydrogens (tertiary/aromatic N) is 2. The van der Waals surface area contributed by atoms with Crippen molar-refractivity contribution in [1.29, 1.82) is 0 Å². The number of imidazole rings is 1. The molecule has 6 rings (SSSR count). The Morgan fingerprint density at radius 1 is 0.914 bits per heavy atom. The number of rotatable bonds is 4. The number of pyridine rings is 1. The number of aliphatic hydroxyl groups excluding tert-OH is 1. The lowest BCUT2D eigenvalue weighted by atomic mass is 10.0. The maximum Gasteiger partial charge on any atom is 0.296 e. The monoisotopic (exact) mass is 503 g/mol. The number of hydrogen-bond acceptors (Lipinski definition) is 6. The molecule has 0 saturated carbocycles. The van der Waals surface area contributed by atoms with Crippen LogP contribution in [-0.2, 0) is 9.47 Å². The Morgan fingerprint density at radius 3 is 2.43 bits per heavy atom. The summed E-state index contributed by atoms with van der Waals surface area (Å²) in [6.45, 7) is 0.450. The topological polar surface area (TPSA) is 89.5 Å². The van der Waals surface area contributed by atoms with Gasteiger partial charge in [-0.3, -0.25) is 0 Å². The second kappa shape index (κ2) is 8.49. The van der Waals surface area contributed by atoms with Crippen molar-refractivity contribution < 1.29 is 32.5 Å². The third-order valence-electron chi connectivity index (χ3n) is 6.13. The minimum absolute atomic E-state index is 0.0593. The third kappa shape index (κ3) is 3.92. The van der Waals surface area contributed by atoms with E-state index in [1.165, 1.54) is 0 Å². The van der Waals surface area contributed by atoms with Gasteiger partial charge in [-0.05, 0) is 17.7 Å². The molecule has 2 aromatic carbocycles. The molecule has 0 spiro atoms. The molecule has 0 amide bonds. The molecular formula is C24H17ClF3N3O4. The van der Waals surface area contributed by atoms with Gasteiger partial charge in [-0.15, -0.1) is 0 Å². The Hall–Kier alpha value is -3.18. The van der Waals surface area contributed by atoms with Crippen LogP contribution in [0.2, 0.25) is 5.02 Å². The molecule has 2 saturated heterocycles. The zero-order valence-corrected chi connectivity index (χ0v) is 18.6. The van der Waals surface area contributed by atoms with E-state index in [0.717, 1.165) is 6.07 Å². The number of aromatic amines is 1. The molecule has 2 N–H and O–H groups in total. The molecule has 0 bridgehead atoms. The summed E-state index contributed by atoms with van der Waals surface area (Å²) in [6.07, 6.45) is -1.93. The van der Waals surface area contributed by atoms with Crippen LogP contribution >= 0.6 is 11.6 Å². The van der Waals surface area contributed by atoms with Crippen molar-refractivity contribution in [1.82, 2.24) is 15.0 Å². The molecular weight excluding hydrogens is 487 g/mol. The first kappa shape index (κ1) is 22.3. The number of nitrogens with one attached hydrogen (secondary N) is 1. The number of hydrogen-bond donors (Lipinski definition) is 2. The minimum atomic E-state index is -1.25. The van der Waals surface area contributed by atoms with Gasteiger partial charge in [-0.1, -0.05) is 35.9 Å². The van der Waals surface area contributed by atoms with Crippen LogP contribution in [0.15, 0.2) is 42.5 Å². The summed E-state index contributed by atoms with van der Waals surface area (Å²) in [7, 11) is 0. The molecule has 0 unspecified atom stereocenters. The van der Waals surface area contributed by atoms with Gasteiger partial charge in [0.1, 0.15) is 24.1 Å². The second-order valence-corrected chi connectivity index (χ2v) is 8.78. The van der Waals surface area contributed by atoms with Gasteiger partial charge >= 0.3 is 0 Å². The van der Waals surface area contributed by atoms with Crippen LogP contribution in [0.5, 0.6) is 6.01 Å². The fraction of sp³-hybridized carbons (Fsp3) is 0.250. The maximum absolute atomic E-state index is 14.1. The highest BCUT2D eigenvalue weighted by molar-refractivity contribution is 6.33. The number of aromatic nitrogens is 3. The SMILES string of the molecule is O[C@@H]1CO[C@H]2[C@@H]1OC[C@H]2Oc1nc2nc(-c3ccc(-c4cc(F)c(F)cc4F)cc3)c(Cl)cc2[nH]1. The van der Waals surface area contributed by atoms with E-state index in [1.807, 2.05) is 0 Å². The van der Waals surface area contributed by atoms with E-state index in [4.69, 9.17) is 25.8 Å².